The number of piperidine rings is 2. The topological polar surface area (TPSA) is 109 Å². The molecule has 2 aromatic heterocycles. The van der Waals surface area contributed by atoms with Crippen LogP contribution in [0.3, 0.4) is 0 Å². The second-order valence-electron chi connectivity index (χ2n) is 11.5. The normalized spacial score (nSPS) is 28.8. The number of hydrogen-bond donors (Lipinski definition) is 2. The van der Waals surface area contributed by atoms with Crippen molar-refractivity contribution in [3.63, 3.8) is 0 Å². The molecule has 2 N–H and O–H groups in total. The van der Waals surface area contributed by atoms with Crippen molar-refractivity contribution < 1.29 is 13.9 Å². The van der Waals surface area contributed by atoms with Crippen molar-refractivity contribution in [2.45, 2.75) is 81.7 Å². The molecule has 38 heavy (non-hydrogen) atoms. The lowest BCUT2D eigenvalue weighted by molar-refractivity contribution is 0.0000874. The van der Waals surface area contributed by atoms with Crippen molar-refractivity contribution in [3.8, 4) is 28.3 Å². The summed E-state index contributed by atoms with van der Waals surface area (Å²) < 4.78 is 31.4. The predicted molar refractivity (Wildman–Crippen MR) is 138 cm³/mol. The molecule has 3 fully saturated rings. The number of anilines is 1. The van der Waals surface area contributed by atoms with E-state index in [0.29, 0.717) is 23.6 Å². The molecule has 2 aliphatic heterocycles. The van der Waals surface area contributed by atoms with E-state index in [9.17, 15) is 14.3 Å². The van der Waals surface area contributed by atoms with Crippen molar-refractivity contribution in [3.05, 3.63) is 46.9 Å². The zero-order valence-corrected chi connectivity index (χ0v) is 21.7. The number of hydrogen-bond acceptors (Lipinski definition) is 8. The molecule has 1 saturated carbocycles. The molecule has 200 valence electrons. The molecular weight excluding hydrogens is 492 g/mol. The highest BCUT2D eigenvalue weighted by Gasteiger charge is 2.56. The van der Waals surface area contributed by atoms with Gasteiger partial charge in [0.2, 0.25) is 5.95 Å². The maximum absolute atomic E-state index is 16.0. The second-order valence-corrected chi connectivity index (χ2v) is 11.5. The Labute approximate surface area is 219 Å². The number of phenolic OH excluding ortho intramolecular Hbond substituents is 1. The lowest BCUT2D eigenvalue weighted by atomic mass is 9.68. The van der Waals surface area contributed by atoms with Crippen molar-refractivity contribution in [2.75, 3.05) is 4.90 Å². The van der Waals surface area contributed by atoms with Gasteiger partial charge in [-0.2, -0.15) is 4.98 Å². The third kappa shape index (κ3) is 4.22. The fraction of sp³-hybridized carbons (Fsp3) is 0.519. The third-order valence-corrected chi connectivity index (χ3v) is 8.29. The minimum Gasteiger partial charge on any atom is -0.507 e. The number of fused-ring (bicyclic) bond motifs is 2. The monoisotopic (exact) mass is 523 g/mol. The van der Waals surface area contributed by atoms with Crippen molar-refractivity contribution in [1.29, 1.82) is 0 Å². The lowest BCUT2D eigenvalue weighted by Crippen LogP contribution is -2.73. The molecule has 2 bridgehead atoms. The van der Waals surface area contributed by atoms with E-state index in [0.717, 1.165) is 42.9 Å². The van der Waals surface area contributed by atoms with Crippen molar-refractivity contribution in [2.24, 2.45) is 7.05 Å². The summed E-state index contributed by atoms with van der Waals surface area (Å²) in [6, 6.07) is 4.27. The van der Waals surface area contributed by atoms with E-state index < -0.39 is 23.2 Å². The summed E-state index contributed by atoms with van der Waals surface area (Å²) in [5.74, 6) is -0.470. The predicted octanol–water partition coefficient (Wildman–Crippen LogP) is 3.51. The van der Waals surface area contributed by atoms with Crippen LogP contribution in [0.25, 0.3) is 22.5 Å². The molecule has 0 spiro atoms. The zero-order valence-electron chi connectivity index (χ0n) is 21.7. The quantitative estimate of drug-likeness (QED) is 0.523. The number of nitrogens with zero attached hydrogens (tertiary/aromatic N) is 6. The summed E-state index contributed by atoms with van der Waals surface area (Å²) in [4.78, 5) is 22.2. The van der Waals surface area contributed by atoms with E-state index in [1.807, 2.05) is 11.8 Å². The highest BCUT2D eigenvalue weighted by molar-refractivity contribution is 5.72. The Balaban J connectivity index is 1.29. The number of rotatable bonds is 5. The van der Waals surface area contributed by atoms with Crippen molar-refractivity contribution >= 4 is 5.95 Å². The Morgan fingerprint density at radius 2 is 2.00 bits per heavy atom. The van der Waals surface area contributed by atoms with Crippen LogP contribution in [-0.4, -0.2) is 59.2 Å². The molecule has 1 aliphatic carbocycles. The van der Waals surface area contributed by atoms with Crippen LogP contribution in [0.15, 0.2) is 35.4 Å². The van der Waals surface area contributed by atoms with Gasteiger partial charge in [-0.1, -0.05) is 6.07 Å². The molecule has 4 atom stereocenters. The van der Waals surface area contributed by atoms with Crippen LogP contribution in [0.5, 0.6) is 5.75 Å². The van der Waals surface area contributed by atoms with Crippen LogP contribution in [-0.2, 0) is 7.05 Å². The fourth-order valence-electron chi connectivity index (χ4n) is 6.31. The van der Waals surface area contributed by atoms with Gasteiger partial charge in [-0.15, -0.1) is 10.2 Å². The first-order valence-corrected chi connectivity index (χ1v) is 13.1. The van der Waals surface area contributed by atoms with Crippen LogP contribution < -0.4 is 15.9 Å². The van der Waals surface area contributed by atoms with Gasteiger partial charge in [0.1, 0.15) is 23.3 Å². The van der Waals surface area contributed by atoms with Gasteiger partial charge in [0.05, 0.1) is 12.2 Å². The van der Waals surface area contributed by atoms with E-state index >= 15 is 4.39 Å². The van der Waals surface area contributed by atoms with E-state index in [-0.39, 0.29) is 34.6 Å². The number of alkyl halides is 1. The molecule has 1 aromatic carbocycles. The van der Waals surface area contributed by atoms with E-state index in [1.165, 1.54) is 19.3 Å². The Morgan fingerprint density at radius 3 is 2.68 bits per heavy atom. The van der Waals surface area contributed by atoms with Gasteiger partial charge in [0.15, 0.2) is 5.82 Å². The minimum atomic E-state index is -1.07. The van der Waals surface area contributed by atoms with Crippen LogP contribution >= 0.6 is 0 Å². The zero-order chi connectivity index (χ0) is 26.8. The largest absolute Gasteiger partial charge is 0.507 e. The number of aryl methyl sites for hydroxylation is 1. The molecule has 9 nitrogen and oxygen atoms in total. The highest BCUT2D eigenvalue weighted by atomic mass is 19.1. The van der Waals surface area contributed by atoms with Gasteiger partial charge in [0.25, 0.3) is 0 Å². The fourth-order valence-corrected chi connectivity index (χ4v) is 6.31. The van der Waals surface area contributed by atoms with Gasteiger partial charge in [-0.3, -0.25) is 4.57 Å². The van der Waals surface area contributed by atoms with Crippen LogP contribution in [0.4, 0.5) is 14.7 Å². The highest BCUT2D eigenvalue weighted by Crippen LogP contribution is 2.46. The summed E-state index contributed by atoms with van der Waals surface area (Å²) in [6.07, 6.45) is 6.90. The van der Waals surface area contributed by atoms with Gasteiger partial charge < -0.3 is 15.3 Å². The standard InChI is InChI=1S/C27H31F2N7O2/c1-26-9-4-10-27(2,34-26)23(29)20(12-26)36(16-6-7-16)24-30-13-19(32-33-24)17-8-5-15(11-21(17)37)22-18(28)14-35(3)25(38)31-22/h5,8,11,13-14,16,20,23,34,37H,4,6-7,9-10,12H2,1-3H3/t20-,23-,26-,27+/m1/s1. The van der Waals surface area contributed by atoms with Crippen molar-refractivity contribution in [1.82, 2.24) is 30.0 Å². The SMILES string of the molecule is Cn1cc(F)c(-c2ccc(-c3cnc(N(C4CC4)[C@@H]4C[C@@]5(C)CCC[C@](C)(N5)[C@@H]4F)nn3)c(O)c2)nc1=O. The van der Waals surface area contributed by atoms with Gasteiger partial charge >= 0.3 is 5.69 Å². The maximum atomic E-state index is 16.0. The van der Waals surface area contributed by atoms with Gasteiger partial charge in [-0.25, -0.2) is 18.6 Å². The number of nitrogens with one attached hydrogen (secondary N) is 1. The summed E-state index contributed by atoms with van der Waals surface area (Å²) >= 11 is 0. The molecule has 2 saturated heterocycles. The molecule has 3 aliphatic rings. The minimum absolute atomic E-state index is 0.133. The smallest absolute Gasteiger partial charge is 0.348 e. The summed E-state index contributed by atoms with van der Waals surface area (Å²) in [5, 5.41) is 23.0. The van der Waals surface area contributed by atoms with Crippen LogP contribution in [0.1, 0.15) is 52.4 Å². The number of aromatic hydroxyl groups is 1. The number of aromatic nitrogens is 5. The Bertz CT molecular complexity index is 1440. The first-order valence-electron chi connectivity index (χ1n) is 13.1. The Morgan fingerprint density at radius 1 is 1.21 bits per heavy atom. The van der Waals surface area contributed by atoms with Crippen LogP contribution in [0, 0.1) is 5.82 Å². The van der Waals surface area contributed by atoms with E-state index in [1.54, 1.807) is 12.1 Å². The molecule has 0 radical (unpaired) electrons. The van der Waals surface area contributed by atoms with E-state index in [4.69, 9.17) is 0 Å². The molecule has 4 heterocycles. The average Bonchev–Trinajstić information content (AvgIpc) is 3.70. The molecular formula is C27H31F2N7O2. The molecule has 3 aromatic rings. The molecule has 0 unspecified atom stereocenters. The average molecular weight is 524 g/mol. The Kier molecular flexibility index (Phi) is 5.75. The van der Waals surface area contributed by atoms with E-state index in [2.05, 4.69) is 32.4 Å². The maximum Gasteiger partial charge on any atom is 0.348 e. The number of benzene rings is 1. The molecule has 6 rings (SSSR count). The third-order valence-electron chi connectivity index (χ3n) is 8.29. The van der Waals surface area contributed by atoms with Crippen LogP contribution in [0.2, 0.25) is 0 Å². The number of halogens is 2. The summed E-state index contributed by atoms with van der Waals surface area (Å²) in [5.41, 5.74) is -0.541. The number of phenols is 1. The lowest BCUT2D eigenvalue weighted by Gasteiger charge is -2.57. The van der Waals surface area contributed by atoms with Gasteiger partial charge in [0, 0.05) is 41.5 Å². The van der Waals surface area contributed by atoms with Gasteiger partial charge in [-0.05, 0) is 64.5 Å². The Hall–Kier alpha value is -3.47. The summed E-state index contributed by atoms with van der Waals surface area (Å²) in [6.45, 7) is 4.16. The first kappa shape index (κ1) is 24.8. The molecule has 11 heteroatoms. The summed E-state index contributed by atoms with van der Waals surface area (Å²) in [7, 11) is 1.41. The second kappa shape index (κ2) is 8.79. The first-order chi connectivity index (χ1) is 18.1. The molecule has 0 amide bonds.